The number of hydrogen-bond donors (Lipinski definition) is 1. The number of carbonyl (C=O) groups excluding carboxylic acids is 1. The third kappa shape index (κ3) is 3.13. The van der Waals surface area contributed by atoms with E-state index >= 15 is 0 Å². The van der Waals surface area contributed by atoms with Crippen molar-refractivity contribution in [2.24, 2.45) is 0 Å². The van der Waals surface area contributed by atoms with Crippen LogP contribution in [0.2, 0.25) is 10.0 Å². The molecule has 2 rings (SSSR count). The summed E-state index contributed by atoms with van der Waals surface area (Å²) < 4.78 is 4.53. The van der Waals surface area contributed by atoms with Crippen molar-refractivity contribution >= 4 is 40.7 Å². The lowest BCUT2D eigenvalue weighted by Gasteiger charge is -2.08. The van der Waals surface area contributed by atoms with E-state index in [0.29, 0.717) is 21.6 Å². The number of carbonyl (C=O) groups is 1. The Morgan fingerprint density at radius 2 is 2.05 bits per heavy atom. The number of nitrogens with zero attached hydrogens (tertiary/aromatic N) is 2. The van der Waals surface area contributed by atoms with E-state index in [4.69, 9.17) is 23.2 Å². The zero-order valence-electron chi connectivity index (χ0n) is 9.85. The first kappa shape index (κ1) is 13.6. The van der Waals surface area contributed by atoms with Crippen LogP contribution in [-0.4, -0.2) is 23.0 Å². The van der Waals surface area contributed by atoms with Crippen LogP contribution in [0.15, 0.2) is 30.6 Å². The highest BCUT2D eigenvalue weighted by atomic mass is 35.5. The monoisotopic (exact) mass is 297 g/mol. The highest BCUT2D eigenvalue weighted by Crippen LogP contribution is 2.30. The lowest BCUT2D eigenvalue weighted by atomic mass is 10.3. The third-order valence-electron chi connectivity index (χ3n) is 2.26. The Hall–Kier alpha value is -1.85. The summed E-state index contributed by atoms with van der Waals surface area (Å²) in [5.74, 6) is -0.100. The van der Waals surface area contributed by atoms with E-state index in [0.717, 1.165) is 0 Å². The standard InChI is InChI=1S/C12H9Cl2N3O2/c1-19-12(18)9-5-16-10(6-15-9)17-8-4-2-3-7(13)11(8)14/h2-6H,1H3,(H,16,17). The molecule has 0 saturated heterocycles. The van der Waals surface area contributed by atoms with Crippen LogP contribution in [0.3, 0.4) is 0 Å². The van der Waals surface area contributed by atoms with Gasteiger partial charge in [0.25, 0.3) is 0 Å². The Labute approximate surface area is 119 Å². The maximum Gasteiger partial charge on any atom is 0.358 e. The predicted octanol–water partition coefficient (Wildman–Crippen LogP) is 3.31. The average Bonchev–Trinajstić information content (AvgIpc) is 2.44. The van der Waals surface area contributed by atoms with Gasteiger partial charge in [-0.15, -0.1) is 0 Å². The van der Waals surface area contributed by atoms with Gasteiger partial charge in [-0.2, -0.15) is 0 Å². The first-order chi connectivity index (χ1) is 9.11. The zero-order chi connectivity index (χ0) is 13.8. The second kappa shape index (κ2) is 5.86. The van der Waals surface area contributed by atoms with Crippen molar-refractivity contribution in [2.75, 3.05) is 12.4 Å². The molecule has 1 aromatic carbocycles. The predicted molar refractivity (Wildman–Crippen MR) is 73.1 cm³/mol. The Bertz CT molecular complexity index is 602. The summed E-state index contributed by atoms with van der Waals surface area (Å²) in [6.45, 7) is 0. The molecule has 0 radical (unpaired) electrons. The minimum atomic E-state index is -0.542. The minimum Gasteiger partial charge on any atom is -0.464 e. The molecule has 0 bridgehead atoms. The molecular formula is C12H9Cl2N3O2. The molecule has 5 nitrogen and oxygen atoms in total. The molecule has 0 spiro atoms. The van der Waals surface area contributed by atoms with Crippen molar-refractivity contribution in [3.05, 3.63) is 46.3 Å². The molecule has 1 N–H and O–H groups in total. The van der Waals surface area contributed by atoms with Crippen molar-refractivity contribution in [3.63, 3.8) is 0 Å². The topological polar surface area (TPSA) is 64.1 Å². The van der Waals surface area contributed by atoms with Crippen molar-refractivity contribution < 1.29 is 9.53 Å². The van der Waals surface area contributed by atoms with Crippen LogP contribution in [-0.2, 0) is 4.74 Å². The Kier molecular flexibility index (Phi) is 4.19. The van der Waals surface area contributed by atoms with Crippen molar-refractivity contribution in [3.8, 4) is 0 Å². The maximum atomic E-state index is 11.2. The number of rotatable bonds is 3. The van der Waals surface area contributed by atoms with E-state index in [1.165, 1.54) is 19.5 Å². The smallest absolute Gasteiger partial charge is 0.358 e. The summed E-state index contributed by atoms with van der Waals surface area (Å²) >= 11 is 11.9. The SMILES string of the molecule is COC(=O)c1cnc(Nc2cccc(Cl)c2Cl)cn1. The van der Waals surface area contributed by atoms with Gasteiger partial charge in [-0.3, -0.25) is 0 Å². The van der Waals surface area contributed by atoms with Gasteiger partial charge in [0.05, 0.1) is 35.2 Å². The fourth-order valence-corrected chi connectivity index (χ4v) is 1.69. The summed E-state index contributed by atoms with van der Waals surface area (Å²) in [6, 6.07) is 5.19. The van der Waals surface area contributed by atoms with Crippen LogP contribution in [0, 0.1) is 0 Å². The van der Waals surface area contributed by atoms with Gasteiger partial charge in [0, 0.05) is 0 Å². The normalized spacial score (nSPS) is 10.1. The van der Waals surface area contributed by atoms with E-state index in [-0.39, 0.29) is 5.69 Å². The first-order valence-corrected chi connectivity index (χ1v) is 5.99. The lowest BCUT2D eigenvalue weighted by molar-refractivity contribution is 0.0593. The van der Waals surface area contributed by atoms with Gasteiger partial charge in [-0.1, -0.05) is 29.3 Å². The number of methoxy groups -OCH3 is 1. The number of halogens is 2. The quantitative estimate of drug-likeness (QED) is 0.881. The molecule has 19 heavy (non-hydrogen) atoms. The highest BCUT2D eigenvalue weighted by molar-refractivity contribution is 6.43. The Morgan fingerprint density at radius 3 is 2.68 bits per heavy atom. The van der Waals surface area contributed by atoms with Gasteiger partial charge in [-0.05, 0) is 12.1 Å². The van der Waals surface area contributed by atoms with Gasteiger partial charge in [-0.25, -0.2) is 14.8 Å². The number of ether oxygens (including phenoxy) is 1. The molecule has 0 atom stereocenters. The third-order valence-corrected chi connectivity index (χ3v) is 3.08. The van der Waals surface area contributed by atoms with Crippen LogP contribution < -0.4 is 5.32 Å². The number of esters is 1. The van der Waals surface area contributed by atoms with Crippen molar-refractivity contribution in [1.82, 2.24) is 9.97 Å². The van der Waals surface area contributed by atoms with Gasteiger partial charge in [0.2, 0.25) is 0 Å². The Morgan fingerprint density at radius 1 is 1.26 bits per heavy atom. The number of anilines is 2. The van der Waals surface area contributed by atoms with E-state index in [1.54, 1.807) is 18.2 Å². The van der Waals surface area contributed by atoms with Crippen LogP contribution in [0.4, 0.5) is 11.5 Å². The molecule has 0 fully saturated rings. The molecule has 2 aromatic rings. The molecule has 0 amide bonds. The summed E-state index contributed by atoms with van der Waals surface area (Å²) in [5, 5.41) is 3.78. The molecule has 0 unspecified atom stereocenters. The van der Waals surface area contributed by atoms with Crippen LogP contribution >= 0.6 is 23.2 Å². The molecule has 1 heterocycles. The van der Waals surface area contributed by atoms with E-state index in [2.05, 4.69) is 20.0 Å². The number of hydrogen-bond acceptors (Lipinski definition) is 5. The van der Waals surface area contributed by atoms with Gasteiger partial charge in [0.1, 0.15) is 5.82 Å². The summed E-state index contributed by atoms with van der Waals surface area (Å²) in [7, 11) is 1.28. The number of benzene rings is 1. The van der Waals surface area contributed by atoms with E-state index in [1.807, 2.05) is 0 Å². The van der Waals surface area contributed by atoms with E-state index < -0.39 is 5.97 Å². The molecule has 1 aromatic heterocycles. The first-order valence-electron chi connectivity index (χ1n) is 5.23. The van der Waals surface area contributed by atoms with Crippen LogP contribution in [0.5, 0.6) is 0 Å². The van der Waals surface area contributed by atoms with Crippen molar-refractivity contribution in [1.29, 1.82) is 0 Å². The molecule has 0 saturated carbocycles. The number of nitrogens with one attached hydrogen (secondary N) is 1. The van der Waals surface area contributed by atoms with E-state index in [9.17, 15) is 4.79 Å². The fourth-order valence-electron chi connectivity index (χ4n) is 1.34. The second-order valence-electron chi connectivity index (χ2n) is 3.50. The maximum absolute atomic E-state index is 11.2. The van der Waals surface area contributed by atoms with Gasteiger partial charge >= 0.3 is 5.97 Å². The van der Waals surface area contributed by atoms with Crippen molar-refractivity contribution in [2.45, 2.75) is 0 Å². The average molecular weight is 298 g/mol. The molecule has 0 aliphatic carbocycles. The molecule has 0 aliphatic rings. The van der Waals surface area contributed by atoms with Crippen LogP contribution in [0.1, 0.15) is 10.5 Å². The summed E-state index contributed by atoms with van der Waals surface area (Å²) in [4.78, 5) is 19.2. The molecule has 7 heteroatoms. The van der Waals surface area contributed by atoms with Gasteiger partial charge in [0.15, 0.2) is 5.69 Å². The number of aromatic nitrogens is 2. The minimum absolute atomic E-state index is 0.130. The fraction of sp³-hybridized carbons (Fsp3) is 0.0833. The largest absolute Gasteiger partial charge is 0.464 e. The second-order valence-corrected chi connectivity index (χ2v) is 4.29. The molecular weight excluding hydrogens is 289 g/mol. The molecule has 0 aliphatic heterocycles. The Balaban J connectivity index is 2.20. The van der Waals surface area contributed by atoms with Gasteiger partial charge < -0.3 is 10.1 Å². The van der Waals surface area contributed by atoms with Crippen LogP contribution in [0.25, 0.3) is 0 Å². The lowest BCUT2D eigenvalue weighted by Crippen LogP contribution is -2.05. The zero-order valence-corrected chi connectivity index (χ0v) is 11.4. The summed E-state index contributed by atoms with van der Waals surface area (Å²) in [5.41, 5.74) is 0.736. The summed E-state index contributed by atoms with van der Waals surface area (Å²) in [6.07, 6.45) is 2.72. The highest BCUT2D eigenvalue weighted by Gasteiger charge is 2.09. The molecule has 98 valence electrons.